The average molecular weight is 298 g/mol. The predicted molar refractivity (Wildman–Crippen MR) is 83.1 cm³/mol. The number of rotatable bonds is 8. The molecule has 0 aromatic rings. The Morgan fingerprint density at radius 1 is 1.38 bits per heavy atom. The Labute approximate surface area is 128 Å². The maximum absolute atomic E-state index is 12.8. The van der Waals surface area contributed by atoms with Crippen molar-refractivity contribution in [3.8, 4) is 0 Å². The standard InChI is InChI=1S/C16H30N2O3/c1-5-12(8-6-7-11-17-4)14(19)18-13(15(20)21)9-10-16(18,2)3/h12-13,17H,5-11H2,1-4H3,(H,20,21)/t12-,13-/m0/s1. The highest BCUT2D eigenvalue weighted by Crippen LogP contribution is 2.36. The lowest BCUT2D eigenvalue weighted by Gasteiger charge is -2.37. The lowest BCUT2D eigenvalue weighted by atomic mass is 9.94. The van der Waals surface area contributed by atoms with E-state index in [2.05, 4.69) is 5.32 Å². The molecule has 0 aliphatic carbocycles. The first-order chi connectivity index (χ1) is 9.85. The molecule has 0 spiro atoms. The van der Waals surface area contributed by atoms with Gasteiger partial charge < -0.3 is 15.3 Å². The van der Waals surface area contributed by atoms with Crippen molar-refractivity contribution in [2.45, 2.75) is 70.9 Å². The van der Waals surface area contributed by atoms with Crippen molar-refractivity contribution in [3.05, 3.63) is 0 Å². The molecule has 2 N–H and O–H groups in total. The highest BCUT2D eigenvalue weighted by molar-refractivity contribution is 5.86. The van der Waals surface area contributed by atoms with Crippen molar-refractivity contribution in [3.63, 3.8) is 0 Å². The van der Waals surface area contributed by atoms with Gasteiger partial charge in [-0.05, 0) is 59.5 Å². The smallest absolute Gasteiger partial charge is 0.326 e. The lowest BCUT2D eigenvalue weighted by molar-refractivity contribution is -0.154. The SMILES string of the molecule is CC[C@@H](CCCCNC)C(=O)N1[C@H](C(=O)O)CCC1(C)C. The van der Waals surface area contributed by atoms with Gasteiger partial charge in [-0.3, -0.25) is 4.79 Å². The number of nitrogens with one attached hydrogen (secondary N) is 1. The molecule has 1 heterocycles. The van der Waals surface area contributed by atoms with Crippen LogP contribution in [0.4, 0.5) is 0 Å². The van der Waals surface area contributed by atoms with Gasteiger partial charge in [-0.2, -0.15) is 0 Å². The first-order valence-corrected chi connectivity index (χ1v) is 8.05. The van der Waals surface area contributed by atoms with Crippen LogP contribution in [0.1, 0.15) is 59.3 Å². The van der Waals surface area contributed by atoms with Crippen LogP contribution in [0.2, 0.25) is 0 Å². The fourth-order valence-electron chi connectivity index (χ4n) is 3.24. The molecule has 21 heavy (non-hydrogen) atoms. The quantitative estimate of drug-likeness (QED) is 0.674. The maximum atomic E-state index is 12.8. The minimum Gasteiger partial charge on any atom is -0.480 e. The van der Waals surface area contributed by atoms with Gasteiger partial charge in [-0.15, -0.1) is 0 Å². The fourth-order valence-corrected chi connectivity index (χ4v) is 3.24. The average Bonchev–Trinajstić information content (AvgIpc) is 2.74. The van der Waals surface area contributed by atoms with E-state index < -0.39 is 12.0 Å². The van der Waals surface area contributed by atoms with E-state index in [0.717, 1.165) is 38.6 Å². The third-order valence-corrected chi connectivity index (χ3v) is 4.59. The molecule has 0 unspecified atom stereocenters. The van der Waals surface area contributed by atoms with Gasteiger partial charge in [-0.25, -0.2) is 4.79 Å². The molecule has 0 saturated carbocycles. The third-order valence-electron chi connectivity index (χ3n) is 4.59. The van der Waals surface area contributed by atoms with E-state index in [4.69, 9.17) is 0 Å². The highest BCUT2D eigenvalue weighted by Gasteiger charge is 2.46. The Bertz CT molecular complexity index is 369. The van der Waals surface area contributed by atoms with Gasteiger partial charge in [0.2, 0.25) is 5.91 Å². The van der Waals surface area contributed by atoms with Gasteiger partial charge in [0.15, 0.2) is 0 Å². The third kappa shape index (κ3) is 4.43. The molecule has 1 rings (SSSR count). The highest BCUT2D eigenvalue weighted by atomic mass is 16.4. The molecular formula is C16H30N2O3. The monoisotopic (exact) mass is 298 g/mol. The second-order valence-corrected chi connectivity index (χ2v) is 6.62. The molecule has 0 bridgehead atoms. The summed E-state index contributed by atoms with van der Waals surface area (Å²) in [6.07, 6.45) is 4.98. The van der Waals surface area contributed by atoms with E-state index in [1.54, 1.807) is 4.90 Å². The summed E-state index contributed by atoms with van der Waals surface area (Å²) in [5.41, 5.74) is -0.349. The largest absolute Gasteiger partial charge is 0.480 e. The first-order valence-electron chi connectivity index (χ1n) is 8.05. The zero-order chi connectivity index (χ0) is 16.0. The molecule has 1 amide bonds. The number of nitrogens with zero attached hydrogens (tertiary/aromatic N) is 1. The van der Waals surface area contributed by atoms with E-state index in [-0.39, 0.29) is 17.4 Å². The minimum absolute atomic E-state index is 0.0249. The molecule has 5 nitrogen and oxygen atoms in total. The number of amides is 1. The summed E-state index contributed by atoms with van der Waals surface area (Å²) in [5.74, 6) is -0.906. The summed E-state index contributed by atoms with van der Waals surface area (Å²) in [6.45, 7) is 6.92. The van der Waals surface area contributed by atoms with Crippen LogP contribution in [0.15, 0.2) is 0 Å². The Hall–Kier alpha value is -1.10. The zero-order valence-corrected chi connectivity index (χ0v) is 13.8. The van der Waals surface area contributed by atoms with Crippen LogP contribution >= 0.6 is 0 Å². The van der Waals surface area contributed by atoms with Crippen LogP contribution in [0.3, 0.4) is 0 Å². The molecule has 1 fully saturated rings. The number of unbranched alkanes of at least 4 members (excludes halogenated alkanes) is 1. The van der Waals surface area contributed by atoms with Gasteiger partial charge in [0.05, 0.1) is 0 Å². The minimum atomic E-state index is -0.876. The van der Waals surface area contributed by atoms with Crippen molar-refractivity contribution >= 4 is 11.9 Å². The van der Waals surface area contributed by atoms with E-state index in [9.17, 15) is 14.7 Å². The number of hydrogen-bond acceptors (Lipinski definition) is 3. The van der Waals surface area contributed by atoms with Crippen molar-refractivity contribution in [1.82, 2.24) is 10.2 Å². The van der Waals surface area contributed by atoms with Crippen LogP contribution in [0.25, 0.3) is 0 Å². The Morgan fingerprint density at radius 3 is 2.57 bits per heavy atom. The fraction of sp³-hybridized carbons (Fsp3) is 0.875. The number of aliphatic carboxylic acids is 1. The number of carboxylic acid groups (broad SMARTS) is 1. The second kappa shape index (κ2) is 7.78. The van der Waals surface area contributed by atoms with Crippen molar-refractivity contribution in [2.24, 2.45) is 5.92 Å². The molecule has 0 aromatic carbocycles. The number of carbonyl (C=O) groups excluding carboxylic acids is 1. The van der Waals surface area contributed by atoms with Crippen LogP contribution in [-0.4, -0.2) is 47.1 Å². The number of carbonyl (C=O) groups is 2. The topological polar surface area (TPSA) is 69.6 Å². The predicted octanol–water partition coefficient (Wildman–Crippen LogP) is 2.26. The van der Waals surface area contributed by atoms with E-state index in [1.165, 1.54) is 0 Å². The van der Waals surface area contributed by atoms with Crippen LogP contribution in [-0.2, 0) is 9.59 Å². The zero-order valence-electron chi connectivity index (χ0n) is 13.8. The second-order valence-electron chi connectivity index (χ2n) is 6.62. The Kier molecular flexibility index (Phi) is 6.65. The number of carboxylic acids is 1. The van der Waals surface area contributed by atoms with Gasteiger partial charge in [-0.1, -0.05) is 13.3 Å². The summed E-state index contributed by atoms with van der Waals surface area (Å²) in [4.78, 5) is 25.9. The van der Waals surface area contributed by atoms with Crippen LogP contribution in [0.5, 0.6) is 0 Å². The first kappa shape index (κ1) is 18.0. The van der Waals surface area contributed by atoms with Crippen molar-refractivity contribution < 1.29 is 14.7 Å². The summed E-state index contributed by atoms with van der Waals surface area (Å²) in [6, 6.07) is -0.654. The molecule has 5 heteroatoms. The number of hydrogen-bond donors (Lipinski definition) is 2. The van der Waals surface area contributed by atoms with E-state index >= 15 is 0 Å². The molecule has 122 valence electrons. The normalized spacial score (nSPS) is 22.3. The molecule has 2 atom stereocenters. The van der Waals surface area contributed by atoms with Gasteiger partial charge >= 0.3 is 5.97 Å². The molecule has 0 radical (unpaired) electrons. The van der Waals surface area contributed by atoms with Gasteiger partial charge in [0.1, 0.15) is 6.04 Å². The summed E-state index contributed by atoms with van der Waals surface area (Å²) in [7, 11) is 1.92. The van der Waals surface area contributed by atoms with Crippen LogP contribution in [0, 0.1) is 5.92 Å². The van der Waals surface area contributed by atoms with Crippen molar-refractivity contribution in [2.75, 3.05) is 13.6 Å². The molecule has 0 aromatic heterocycles. The molecular weight excluding hydrogens is 268 g/mol. The van der Waals surface area contributed by atoms with Gasteiger partial charge in [0.25, 0.3) is 0 Å². The molecule has 1 aliphatic rings. The lowest BCUT2D eigenvalue weighted by Crippen LogP contribution is -2.52. The summed E-state index contributed by atoms with van der Waals surface area (Å²) < 4.78 is 0. The molecule has 1 saturated heterocycles. The number of likely N-dealkylation sites (tertiary alicyclic amines) is 1. The van der Waals surface area contributed by atoms with Gasteiger partial charge in [0, 0.05) is 11.5 Å². The Morgan fingerprint density at radius 2 is 2.05 bits per heavy atom. The maximum Gasteiger partial charge on any atom is 0.326 e. The van der Waals surface area contributed by atoms with Crippen LogP contribution < -0.4 is 5.32 Å². The summed E-state index contributed by atoms with van der Waals surface area (Å²) >= 11 is 0. The summed E-state index contributed by atoms with van der Waals surface area (Å²) in [5, 5.41) is 12.5. The van der Waals surface area contributed by atoms with E-state index in [1.807, 2.05) is 27.8 Å². The van der Waals surface area contributed by atoms with Crippen molar-refractivity contribution in [1.29, 1.82) is 0 Å². The Balaban J connectivity index is 2.74. The van der Waals surface area contributed by atoms with E-state index in [0.29, 0.717) is 6.42 Å². The molecule has 1 aliphatic heterocycles.